The molecule has 0 bridgehead atoms. The van der Waals surface area contributed by atoms with Crippen molar-refractivity contribution in [1.29, 1.82) is 0 Å². The Morgan fingerprint density at radius 2 is 2.05 bits per heavy atom. The van der Waals surface area contributed by atoms with Gasteiger partial charge in [0, 0.05) is 12.2 Å². The highest BCUT2D eigenvalue weighted by atomic mass is 16.4. The molecule has 1 aliphatic rings. The van der Waals surface area contributed by atoms with Crippen molar-refractivity contribution in [3.8, 4) is 0 Å². The zero-order valence-corrected chi connectivity index (χ0v) is 10.00. The molecule has 0 radical (unpaired) electrons. The van der Waals surface area contributed by atoms with Crippen molar-refractivity contribution < 1.29 is 19.5 Å². The number of carbonyl (C=O) groups is 3. The largest absolute Gasteiger partial charge is 0.481 e. The minimum atomic E-state index is -0.988. The van der Waals surface area contributed by atoms with Gasteiger partial charge in [0.15, 0.2) is 0 Å². The summed E-state index contributed by atoms with van der Waals surface area (Å²) in [6, 6.07) is 6.25. The molecule has 100 valence electrons. The van der Waals surface area contributed by atoms with Gasteiger partial charge in [-0.1, -0.05) is 18.2 Å². The molecule has 7 nitrogen and oxygen atoms in total. The second kappa shape index (κ2) is 4.97. The maximum atomic E-state index is 11.9. The number of fused-ring (bicyclic) bond motifs is 1. The van der Waals surface area contributed by atoms with Gasteiger partial charge < -0.3 is 16.2 Å². The van der Waals surface area contributed by atoms with E-state index in [4.69, 9.17) is 10.8 Å². The summed E-state index contributed by atoms with van der Waals surface area (Å²) in [5, 5.41) is 11.5. The van der Waals surface area contributed by atoms with Crippen molar-refractivity contribution >= 4 is 23.6 Å². The number of urea groups is 1. The molecule has 0 fully saturated rings. The fourth-order valence-electron chi connectivity index (χ4n) is 2.07. The maximum Gasteiger partial charge on any atom is 0.322 e. The van der Waals surface area contributed by atoms with Gasteiger partial charge in [0.05, 0.1) is 6.54 Å². The van der Waals surface area contributed by atoms with Crippen LogP contribution in [0.2, 0.25) is 0 Å². The molecule has 0 spiro atoms. The summed E-state index contributed by atoms with van der Waals surface area (Å²) < 4.78 is 0. The zero-order valence-electron chi connectivity index (χ0n) is 10.00. The molecular formula is C12H13N3O4. The van der Waals surface area contributed by atoms with Crippen molar-refractivity contribution in [2.75, 3.05) is 18.0 Å². The smallest absolute Gasteiger partial charge is 0.322 e. The zero-order chi connectivity index (χ0) is 14.0. The Labute approximate surface area is 109 Å². The second-order valence-electron chi connectivity index (χ2n) is 4.19. The summed E-state index contributed by atoms with van der Waals surface area (Å²) in [6.07, 6.45) is 0. The molecule has 1 heterocycles. The van der Waals surface area contributed by atoms with Crippen molar-refractivity contribution in [2.24, 2.45) is 5.73 Å². The van der Waals surface area contributed by atoms with E-state index in [9.17, 15) is 14.4 Å². The molecule has 2 rings (SSSR count). The highest BCUT2D eigenvalue weighted by Crippen LogP contribution is 2.36. The monoisotopic (exact) mass is 263 g/mol. The molecule has 1 unspecified atom stereocenters. The van der Waals surface area contributed by atoms with Crippen LogP contribution in [-0.4, -0.2) is 36.1 Å². The number of carboxylic acid groups (broad SMARTS) is 1. The number of nitrogens with one attached hydrogen (secondary N) is 1. The number of benzene rings is 1. The molecule has 7 heteroatoms. The average molecular weight is 263 g/mol. The van der Waals surface area contributed by atoms with Crippen molar-refractivity contribution in [1.82, 2.24) is 5.32 Å². The molecular weight excluding hydrogens is 250 g/mol. The third-order valence-electron chi connectivity index (χ3n) is 2.93. The van der Waals surface area contributed by atoms with Crippen LogP contribution in [0, 0.1) is 0 Å². The first-order valence-corrected chi connectivity index (χ1v) is 5.66. The van der Waals surface area contributed by atoms with Crippen molar-refractivity contribution in [2.45, 2.75) is 5.92 Å². The van der Waals surface area contributed by atoms with E-state index in [0.717, 1.165) is 0 Å². The highest BCUT2D eigenvalue weighted by Gasteiger charge is 2.36. The fraction of sp³-hybridized carbons (Fsp3) is 0.250. The second-order valence-corrected chi connectivity index (χ2v) is 4.19. The van der Waals surface area contributed by atoms with Gasteiger partial charge in [-0.2, -0.15) is 0 Å². The Balaban J connectivity index is 2.22. The first-order valence-electron chi connectivity index (χ1n) is 5.66. The van der Waals surface area contributed by atoms with Crippen LogP contribution in [0.3, 0.4) is 0 Å². The van der Waals surface area contributed by atoms with Crippen LogP contribution in [0.1, 0.15) is 11.5 Å². The van der Waals surface area contributed by atoms with E-state index in [0.29, 0.717) is 11.3 Å². The van der Waals surface area contributed by atoms with E-state index in [1.807, 2.05) is 0 Å². The van der Waals surface area contributed by atoms with Crippen LogP contribution in [-0.2, 0) is 9.59 Å². The number of anilines is 1. The Kier molecular flexibility index (Phi) is 3.37. The number of carboxylic acids is 1. The van der Waals surface area contributed by atoms with E-state index in [-0.39, 0.29) is 13.1 Å². The first-order chi connectivity index (χ1) is 9.00. The Bertz CT molecular complexity index is 544. The predicted octanol–water partition coefficient (Wildman–Crippen LogP) is -0.130. The molecule has 1 atom stereocenters. The first kappa shape index (κ1) is 12.9. The van der Waals surface area contributed by atoms with Crippen LogP contribution in [0.15, 0.2) is 24.3 Å². The number of aliphatic carboxylic acids is 1. The summed E-state index contributed by atoms with van der Waals surface area (Å²) in [4.78, 5) is 35.0. The molecule has 0 saturated carbocycles. The molecule has 0 aromatic heterocycles. The van der Waals surface area contributed by atoms with Crippen molar-refractivity contribution in [3.63, 3.8) is 0 Å². The number of hydrogen-bond acceptors (Lipinski definition) is 3. The lowest BCUT2D eigenvalue weighted by atomic mass is 10.0. The lowest BCUT2D eigenvalue weighted by molar-refractivity contribution is -0.138. The topological polar surface area (TPSA) is 113 Å². The number of hydrogen-bond donors (Lipinski definition) is 3. The summed E-state index contributed by atoms with van der Waals surface area (Å²) >= 11 is 0. The lowest BCUT2D eigenvalue weighted by Crippen LogP contribution is -2.43. The number of nitrogens with two attached hydrogens (primary N) is 1. The molecule has 4 N–H and O–H groups in total. The van der Waals surface area contributed by atoms with Crippen LogP contribution in [0.25, 0.3) is 0 Å². The quantitative estimate of drug-likeness (QED) is 0.705. The average Bonchev–Trinajstić information content (AvgIpc) is 2.75. The Morgan fingerprint density at radius 1 is 1.37 bits per heavy atom. The molecule has 3 amide bonds. The van der Waals surface area contributed by atoms with Crippen LogP contribution in [0.5, 0.6) is 0 Å². The minimum absolute atomic E-state index is 0.0409. The third-order valence-corrected chi connectivity index (χ3v) is 2.93. The molecule has 1 aliphatic heterocycles. The molecule has 0 saturated heterocycles. The molecule has 1 aromatic rings. The molecule has 19 heavy (non-hydrogen) atoms. The minimum Gasteiger partial charge on any atom is -0.481 e. The van der Waals surface area contributed by atoms with Gasteiger partial charge >= 0.3 is 12.0 Å². The Morgan fingerprint density at radius 3 is 2.68 bits per heavy atom. The maximum absolute atomic E-state index is 11.9. The lowest BCUT2D eigenvalue weighted by Gasteiger charge is -2.17. The van der Waals surface area contributed by atoms with Gasteiger partial charge in [0.2, 0.25) is 5.91 Å². The molecule has 1 aromatic carbocycles. The van der Waals surface area contributed by atoms with E-state index in [1.165, 1.54) is 4.90 Å². The van der Waals surface area contributed by atoms with E-state index >= 15 is 0 Å². The number of primary amides is 1. The number of nitrogens with zero attached hydrogens (tertiary/aromatic N) is 1. The van der Waals surface area contributed by atoms with Gasteiger partial charge in [-0.3, -0.25) is 14.5 Å². The Hall–Kier alpha value is -2.57. The molecule has 0 aliphatic carbocycles. The van der Waals surface area contributed by atoms with E-state index in [2.05, 4.69) is 5.32 Å². The predicted molar refractivity (Wildman–Crippen MR) is 66.8 cm³/mol. The van der Waals surface area contributed by atoms with Crippen LogP contribution >= 0.6 is 0 Å². The standard InChI is InChI=1S/C12H13N3O4/c13-10(16)5-14-12(19)15-6-8(11(17)18)7-3-1-2-4-9(7)15/h1-4,8H,5-6H2,(H2,13,16)(H,14,19)(H,17,18). The van der Waals surface area contributed by atoms with Gasteiger partial charge in [0.25, 0.3) is 0 Å². The summed E-state index contributed by atoms with van der Waals surface area (Å²) in [5.74, 6) is -2.40. The van der Waals surface area contributed by atoms with E-state index in [1.54, 1.807) is 24.3 Å². The van der Waals surface area contributed by atoms with Crippen LogP contribution < -0.4 is 16.0 Å². The highest BCUT2D eigenvalue weighted by molar-refractivity contribution is 5.99. The number of amides is 3. The fourth-order valence-corrected chi connectivity index (χ4v) is 2.07. The number of para-hydroxylation sites is 1. The SMILES string of the molecule is NC(=O)CNC(=O)N1CC(C(=O)O)c2ccccc21. The normalized spacial score (nSPS) is 16.8. The van der Waals surface area contributed by atoms with E-state index < -0.39 is 23.8 Å². The summed E-state index contributed by atoms with van der Waals surface area (Å²) in [5.41, 5.74) is 6.07. The van der Waals surface area contributed by atoms with Gasteiger partial charge in [-0.25, -0.2) is 4.79 Å². The van der Waals surface area contributed by atoms with Gasteiger partial charge in [-0.05, 0) is 11.6 Å². The summed E-state index contributed by atoms with van der Waals surface area (Å²) in [7, 11) is 0. The summed E-state index contributed by atoms with van der Waals surface area (Å²) in [6.45, 7) is -0.242. The van der Waals surface area contributed by atoms with Gasteiger partial charge in [0.1, 0.15) is 5.92 Å². The van der Waals surface area contributed by atoms with Crippen LogP contribution in [0.4, 0.5) is 10.5 Å². The number of carbonyl (C=O) groups excluding carboxylic acids is 2. The van der Waals surface area contributed by atoms with Crippen molar-refractivity contribution in [3.05, 3.63) is 29.8 Å². The van der Waals surface area contributed by atoms with Gasteiger partial charge in [-0.15, -0.1) is 0 Å². The number of rotatable bonds is 3. The third kappa shape index (κ3) is 2.49.